The summed E-state index contributed by atoms with van der Waals surface area (Å²) >= 11 is 0. The van der Waals surface area contributed by atoms with Gasteiger partial charge in [0.25, 0.3) is 5.82 Å². The van der Waals surface area contributed by atoms with Crippen LogP contribution < -0.4 is 4.57 Å². The van der Waals surface area contributed by atoms with Gasteiger partial charge in [0.15, 0.2) is 20.0 Å². The number of nitrogens with zero attached hydrogens (tertiary/aromatic N) is 2. The standard InChI is InChI=1S/C9H16N2.C2F6NO4S2/c1-3-5-9-10-6-8-11(9)7-4-2;3-1(4,5)14(10,11)9-15(12,13)2(6,7)8/h6,8H,3-5,7H2,1-2H3;/q;-1/p+1. The maximum atomic E-state index is 11.4. The topological polar surface area (TPSA) is 102 Å². The number of aromatic nitrogens is 2. The predicted octanol–water partition coefficient (Wildman–Crippen LogP) is 2.72. The number of aryl methyl sites for hydroxylation is 2. The second kappa shape index (κ2) is 9.03. The van der Waals surface area contributed by atoms with Crippen molar-refractivity contribution in [2.24, 2.45) is 0 Å². The molecule has 154 valence electrons. The van der Waals surface area contributed by atoms with Crippen LogP contribution in [0.25, 0.3) is 4.13 Å². The molecule has 0 aliphatic rings. The normalized spacial score (nSPS) is 13.2. The molecule has 0 radical (unpaired) electrons. The Morgan fingerprint density at radius 1 is 0.962 bits per heavy atom. The lowest BCUT2D eigenvalue weighted by molar-refractivity contribution is -0.702. The molecule has 1 aromatic heterocycles. The fourth-order valence-electron chi connectivity index (χ4n) is 1.51. The zero-order chi connectivity index (χ0) is 20.8. The van der Waals surface area contributed by atoms with Gasteiger partial charge in [-0.05, 0) is 12.8 Å². The highest BCUT2D eigenvalue weighted by molar-refractivity contribution is 8.13. The van der Waals surface area contributed by atoms with Gasteiger partial charge in [-0.3, -0.25) is 0 Å². The third-order valence-electron chi connectivity index (χ3n) is 2.58. The van der Waals surface area contributed by atoms with Crippen molar-refractivity contribution in [1.82, 2.24) is 4.98 Å². The van der Waals surface area contributed by atoms with E-state index in [1.54, 1.807) is 0 Å². The molecule has 0 aliphatic heterocycles. The average molecular weight is 433 g/mol. The van der Waals surface area contributed by atoms with Crippen molar-refractivity contribution in [2.45, 2.75) is 50.7 Å². The summed E-state index contributed by atoms with van der Waals surface area (Å²) < 4.78 is 111. The molecule has 0 atom stereocenters. The number of hydrogen-bond acceptors (Lipinski definition) is 4. The van der Waals surface area contributed by atoms with E-state index in [1.165, 1.54) is 18.7 Å². The molecule has 0 spiro atoms. The van der Waals surface area contributed by atoms with Crippen LogP contribution in [0.5, 0.6) is 0 Å². The Balaban J connectivity index is 0.000000502. The van der Waals surface area contributed by atoms with Crippen LogP contribution in [-0.2, 0) is 33.0 Å². The van der Waals surface area contributed by atoms with Crippen LogP contribution in [0.2, 0.25) is 0 Å². The lowest BCUT2D eigenvalue weighted by Crippen LogP contribution is -2.35. The van der Waals surface area contributed by atoms with E-state index in [1.807, 2.05) is 6.20 Å². The first-order chi connectivity index (χ1) is 11.6. The van der Waals surface area contributed by atoms with Gasteiger partial charge in [0.05, 0.1) is 6.54 Å². The van der Waals surface area contributed by atoms with Crippen LogP contribution in [0.15, 0.2) is 12.4 Å². The molecule has 15 heteroatoms. The summed E-state index contributed by atoms with van der Waals surface area (Å²) in [6.07, 6.45) is 7.71. The second-order valence-electron chi connectivity index (χ2n) is 4.77. The van der Waals surface area contributed by atoms with Crippen LogP contribution in [0, 0.1) is 0 Å². The molecule has 1 aromatic rings. The molecule has 0 unspecified atom stereocenters. The van der Waals surface area contributed by atoms with Crippen molar-refractivity contribution in [3.05, 3.63) is 22.3 Å². The van der Waals surface area contributed by atoms with Gasteiger partial charge in [0, 0.05) is 6.42 Å². The SMILES string of the molecule is CCCc1[nH]cc[n+]1CCC.O=S(=O)([N-]S(=O)(=O)C(F)(F)F)C(F)(F)F. The first-order valence-electron chi connectivity index (χ1n) is 7.01. The number of H-pyrrole nitrogens is 1. The predicted molar refractivity (Wildman–Crippen MR) is 78.6 cm³/mol. The maximum absolute atomic E-state index is 11.4. The van der Waals surface area contributed by atoms with Gasteiger partial charge < -0.3 is 4.13 Å². The number of sulfonamides is 2. The highest BCUT2D eigenvalue weighted by atomic mass is 32.3. The monoisotopic (exact) mass is 433 g/mol. The Morgan fingerprint density at radius 3 is 1.77 bits per heavy atom. The van der Waals surface area contributed by atoms with Crippen LogP contribution in [0.3, 0.4) is 0 Å². The number of halogens is 6. The number of rotatable bonds is 6. The summed E-state index contributed by atoms with van der Waals surface area (Å²) in [5.74, 6) is 1.36. The van der Waals surface area contributed by atoms with Crippen molar-refractivity contribution in [1.29, 1.82) is 0 Å². The van der Waals surface area contributed by atoms with Gasteiger partial charge in [-0.1, -0.05) is 13.8 Å². The summed E-state index contributed by atoms with van der Waals surface area (Å²) in [4.78, 5) is 3.25. The third-order valence-corrected chi connectivity index (χ3v) is 5.32. The van der Waals surface area contributed by atoms with Gasteiger partial charge in [0.2, 0.25) is 0 Å². The largest absolute Gasteiger partial charge is 0.480 e. The fraction of sp³-hybridized carbons (Fsp3) is 0.727. The molecule has 1 heterocycles. The number of imidazole rings is 1. The minimum atomic E-state index is -6.72. The van der Waals surface area contributed by atoms with Crippen molar-refractivity contribution in [2.75, 3.05) is 0 Å². The first-order valence-corrected chi connectivity index (χ1v) is 9.89. The van der Waals surface area contributed by atoms with Crippen LogP contribution >= 0.6 is 0 Å². The Labute approximate surface area is 146 Å². The fourth-order valence-corrected chi connectivity index (χ4v) is 3.22. The van der Waals surface area contributed by atoms with Gasteiger partial charge in [0.1, 0.15) is 12.4 Å². The molecule has 0 aromatic carbocycles. The lowest BCUT2D eigenvalue weighted by atomic mass is 10.3. The average Bonchev–Trinajstić information content (AvgIpc) is 2.84. The maximum Gasteiger partial charge on any atom is 0.480 e. The van der Waals surface area contributed by atoms with Gasteiger partial charge in [-0.15, -0.1) is 0 Å². The molecule has 0 fully saturated rings. The van der Waals surface area contributed by atoms with Crippen LogP contribution in [0.1, 0.15) is 32.5 Å². The molecule has 0 aliphatic carbocycles. The molecule has 1 N–H and O–H groups in total. The zero-order valence-electron chi connectivity index (χ0n) is 13.6. The Kier molecular flexibility index (Phi) is 8.56. The van der Waals surface area contributed by atoms with Crippen molar-refractivity contribution < 1.29 is 47.7 Å². The smallest absolute Gasteiger partial charge is 0.421 e. The second-order valence-corrected chi connectivity index (χ2v) is 8.19. The number of alkyl halides is 6. The quantitative estimate of drug-likeness (QED) is 0.551. The third kappa shape index (κ3) is 7.11. The van der Waals surface area contributed by atoms with Gasteiger partial charge >= 0.3 is 11.0 Å². The lowest BCUT2D eigenvalue weighted by Gasteiger charge is -2.22. The molecule has 0 bridgehead atoms. The zero-order valence-corrected chi connectivity index (χ0v) is 15.2. The van der Waals surface area contributed by atoms with E-state index in [0.717, 1.165) is 17.1 Å². The molecule has 0 saturated carbocycles. The van der Waals surface area contributed by atoms with E-state index in [9.17, 15) is 43.2 Å². The van der Waals surface area contributed by atoms with E-state index >= 15 is 0 Å². The number of hydrogen-bond donors (Lipinski definition) is 1. The summed E-state index contributed by atoms with van der Waals surface area (Å²) in [5.41, 5.74) is -12.4. The van der Waals surface area contributed by atoms with Gasteiger partial charge in [-0.25, -0.2) is 26.4 Å². The number of aromatic amines is 1. The molecule has 7 nitrogen and oxygen atoms in total. The molecule has 0 saturated heterocycles. The summed E-state index contributed by atoms with van der Waals surface area (Å²) in [5, 5.41) is 0. The highest BCUT2D eigenvalue weighted by Crippen LogP contribution is 2.36. The molecule has 1 rings (SSSR count). The van der Waals surface area contributed by atoms with E-state index in [0.29, 0.717) is 0 Å². The molecule has 26 heavy (non-hydrogen) atoms. The highest BCUT2D eigenvalue weighted by Gasteiger charge is 2.46. The minimum Gasteiger partial charge on any atom is -0.421 e. The molecular weight excluding hydrogens is 416 g/mol. The van der Waals surface area contributed by atoms with E-state index in [4.69, 9.17) is 0 Å². The van der Waals surface area contributed by atoms with Crippen LogP contribution in [-0.4, -0.2) is 32.8 Å². The Bertz CT molecular complexity index is 706. The molecular formula is C11H17F6N3O4S2. The minimum absolute atomic E-state index is 0.778. The van der Waals surface area contributed by atoms with Gasteiger partial charge in [-0.2, -0.15) is 26.3 Å². The summed E-state index contributed by atoms with van der Waals surface area (Å²) in [7, 11) is -13.4. The van der Waals surface area contributed by atoms with Crippen molar-refractivity contribution >= 4 is 20.0 Å². The van der Waals surface area contributed by atoms with Crippen molar-refractivity contribution in [3.63, 3.8) is 0 Å². The van der Waals surface area contributed by atoms with Crippen molar-refractivity contribution in [3.8, 4) is 0 Å². The summed E-state index contributed by atoms with van der Waals surface area (Å²) in [6.45, 7) is 5.55. The van der Waals surface area contributed by atoms with E-state index < -0.39 is 31.1 Å². The first kappa shape index (κ1) is 24.7. The van der Waals surface area contributed by atoms with E-state index in [2.05, 4.69) is 29.6 Å². The van der Waals surface area contributed by atoms with E-state index in [-0.39, 0.29) is 0 Å². The number of nitrogens with one attached hydrogen (secondary N) is 1. The Morgan fingerprint density at radius 2 is 1.42 bits per heavy atom. The Hall–Kier alpha value is -1.35. The summed E-state index contributed by atoms with van der Waals surface area (Å²) in [6, 6.07) is 0. The van der Waals surface area contributed by atoms with Crippen LogP contribution in [0.4, 0.5) is 26.3 Å². The molecule has 0 amide bonds.